The molecule has 1 amide bonds. The summed E-state index contributed by atoms with van der Waals surface area (Å²) in [5.41, 5.74) is 7.61. The molecule has 0 radical (unpaired) electrons. The topological polar surface area (TPSA) is 55.1 Å². The number of halogens is 1. The third-order valence-corrected chi connectivity index (χ3v) is 4.21. The first-order valence-electron chi connectivity index (χ1n) is 5.61. The molecule has 0 aliphatic heterocycles. The Hall–Kier alpha value is -1.46. The van der Waals surface area contributed by atoms with Crippen LogP contribution in [-0.4, -0.2) is 12.2 Å². The highest BCUT2D eigenvalue weighted by Crippen LogP contribution is 2.25. The number of amides is 1. The van der Waals surface area contributed by atoms with Crippen LogP contribution in [0.1, 0.15) is 10.4 Å². The molecule has 0 fully saturated rings. The number of nitrogens with one attached hydrogen (secondary N) is 1. The van der Waals surface area contributed by atoms with Gasteiger partial charge in [0.15, 0.2) is 0 Å². The molecule has 0 aliphatic rings. The first kappa shape index (κ1) is 14.0. The number of anilines is 2. The van der Waals surface area contributed by atoms with Gasteiger partial charge in [-0.1, -0.05) is 12.1 Å². The predicted octanol–water partition coefficient (Wildman–Crippen LogP) is 4.01. The number of thioether (sulfide) groups is 1. The second-order valence-corrected chi connectivity index (χ2v) is 5.57. The highest BCUT2D eigenvalue weighted by atomic mass is 79.9. The van der Waals surface area contributed by atoms with E-state index in [2.05, 4.69) is 21.2 Å². The Morgan fingerprint density at radius 1 is 1.26 bits per heavy atom. The quantitative estimate of drug-likeness (QED) is 0.657. The van der Waals surface area contributed by atoms with Crippen molar-refractivity contribution in [2.75, 3.05) is 17.3 Å². The Bertz CT molecular complexity index is 616. The number of hydrogen-bond acceptors (Lipinski definition) is 3. The average Bonchev–Trinajstić information content (AvgIpc) is 2.42. The van der Waals surface area contributed by atoms with E-state index < -0.39 is 0 Å². The van der Waals surface area contributed by atoms with Crippen LogP contribution in [0.3, 0.4) is 0 Å². The van der Waals surface area contributed by atoms with Crippen molar-refractivity contribution in [3.05, 3.63) is 52.5 Å². The summed E-state index contributed by atoms with van der Waals surface area (Å²) in [4.78, 5) is 13.3. The Kier molecular flexibility index (Phi) is 4.50. The van der Waals surface area contributed by atoms with Crippen LogP contribution in [0, 0.1) is 0 Å². The van der Waals surface area contributed by atoms with Gasteiger partial charge in [0.25, 0.3) is 5.91 Å². The molecule has 0 aromatic heterocycles. The van der Waals surface area contributed by atoms with Crippen molar-refractivity contribution in [3.8, 4) is 0 Å². The smallest absolute Gasteiger partial charge is 0.256 e. The number of carbonyl (C=O) groups is 1. The number of carbonyl (C=O) groups excluding carboxylic acids is 1. The fourth-order valence-electron chi connectivity index (χ4n) is 1.62. The van der Waals surface area contributed by atoms with E-state index in [4.69, 9.17) is 5.73 Å². The SMILES string of the molecule is CSc1cccc(NC(=O)c2cccc(N)c2Br)c1. The lowest BCUT2D eigenvalue weighted by Crippen LogP contribution is -2.13. The Morgan fingerprint density at radius 2 is 2.00 bits per heavy atom. The van der Waals surface area contributed by atoms with E-state index in [0.717, 1.165) is 10.6 Å². The minimum absolute atomic E-state index is 0.183. The van der Waals surface area contributed by atoms with E-state index in [-0.39, 0.29) is 5.91 Å². The summed E-state index contributed by atoms with van der Waals surface area (Å²) in [6.45, 7) is 0. The van der Waals surface area contributed by atoms with Crippen molar-refractivity contribution in [1.82, 2.24) is 0 Å². The van der Waals surface area contributed by atoms with E-state index in [1.165, 1.54) is 0 Å². The summed E-state index contributed by atoms with van der Waals surface area (Å²) in [5.74, 6) is -0.183. The van der Waals surface area contributed by atoms with E-state index in [1.807, 2.05) is 30.5 Å². The lowest BCUT2D eigenvalue weighted by atomic mass is 10.2. The molecule has 2 aromatic rings. The van der Waals surface area contributed by atoms with Crippen LogP contribution in [0.15, 0.2) is 51.8 Å². The van der Waals surface area contributed by atoms with Gasteiger partial charge in [0.1, 0.15) is 0 Å². The zero-order valence-electron chi connectivity index (χ0n) is 10.3. The molecular formula is C14H13BrN2OS. The molecule has 0 spiro atoms. The maximum atomic E-state index is 12.2. The Morgan fingerprint density at radius 3 is 2.74 bits per heavy atom. The molecule has 0 unspecified atom stereocenters. The molecule has 3 N–H and O–H groups in total. The van der Waals surface area contributed by atoms with Gasteiger partial charge in [0.05, 0.1) is 10.0 Å². The minimum Gasteiger partial charge on any atom is -0.398 e. The molecule has 0 atom stereocenters. The molecule has 5 heteroatoms. The largest absolute Gasteiger partial charge is 0.398 e. The zero-order chi connectivity index (χ0) is 13.8. The van der Waals surface area contributed by atoms with Crippen molar-refractivity contribution in [1.29, 1.82) is 0 Å². The van der Waals surface area contributed by atoms with Crippen LogP contribution in [0.25, 0.3) is 0 Å². The average molecular weight is 337 g/mol. The van der Waals surface area contributed by atoms with Gasteiger partial charge in [-0.2, -0.15) is 0 Å². The molecule has 0 saturated carbocycles. The van der Waals surface area contributed by atoms with E-state index in [9.17, 15) is 4.79 Å². The third kappa shape index (κ3) is 3.30. The molecule has 98 valence electrons. The van der Waals surface area contributed by atoms with Crippen LogP contribution in [0.4, 0.5) is 11.4 Å². The molecule has 0 bridgehead atoms. The maximum Gasteiger partial charge on any atom is 0.256 e. The first-order valence-corrected chi connectivity index (χ1v) is 7.63. The minimum atomic E-state index is -0.183. The van der Waals surface area contributed by atoms with Crippen LogP contribution in [-0.2, 0) is 0 Å². The Balaban J connectivity index is 2.23. The highest BCUT2D eigenvalue weighted by molar-refractivity contribution is 9.10. The van der Waals surface area contributed by atoms with Crippen molar-refractivity contribution < 1.29 is 4.79 Å². The second kappa shape index (κ2) is 6.12. The fourth-order valence-corrected chi connectivity index (χ4v) is 2.53. The number of nitrogens with two attached hydrogens (primary N) is 1. The van der Waals surface area contributed by atoms with Crippen molar-refractivity contribution in [2.24, 2.45) is 0 Å². The van der Waals surface area contributed by atoms with Crippen LogP contribution in [0.5, 0.6) is 0 Å². The van der Waals surface area contributed by atoms with Crippen LogP contribution < -0.4 is 11.1 Å². The summed E-state index contributed by atoms with van der Waals surface area (Å²) in [6.07, 6.45) is 2.00. The van der Waals surface area contributed by atoms with Gasteiger partial charge in [-0.3, -0.25) is 4.79 Å². The number of benzene rings is 2. The van der Waals surface area contributed by atoms with Gasteiger partial charge in [-0.25, -0.2) is 0 Å². The molecule has 0 aliphatic carbocycles. The summed E-state index contributed by atoms with van der Waals surface area (Å²) in [7, 11) is 0. The lowest BCUT2D eigenvalue weighted by molar-refractivity contribution is 0.102. The van der Waals surface area contributed by atoms with Gasteiger partial charge in [-0.05, 0) is 52.5 Å². The molecule has 3 nitrogen and oxygen atoms in total. The molecule has 2 aromatic carbocycles. The van der Waals surface area contributed by atoms with E-state index >= 15 is 0 Å². The normalized spacial score (nSPS) is 10.2. The van der Waals surface area contributed by atoms with Crippen molar-refractivity contribution >= 4 is 45.0 Å². The molecule has 19 heavy (non-hydrogen) atoms. The first-order chi connectivity index (χ1) is 9.11. The summed E-state index contributed by atoms with van der Waals surface area (Å²) < 4.78 is 0.619. The number of nitrogen functional groups attached to an aromatic ring is 1. The van der Waals surface area contributed by atoms with Crippen LogP contribution in [0.2, 0.25) is 0 Å². The summed E-state index contributed by atoms with van der Waals surface area (Å²) in [5, 5.41) is 2.86. The number of hydrogen-bond donors (Lipinski definition) is 2. The maximum absolute atomic E-state index is 12.2. The monoisotopic (exact) mass is 336 g/mol. The second-order valence-electron chi connectivity index (χ2n) is 3.89. The standard InChI is InChI=1S/C14H13BrN2OS/c1-19-10-5-2-4-9(8-10)17-14(18)11-6-3-7-12(16)13(11)15/h2-8H,16H2,1H3,(H,17,18). The molecule has 0 saturated heterocycles. The fraction of sp³-hybridized carbons (Fsp3) is 0.0714. The Labute approximate surface area is 124 Å². The highest BCUT2D eigenvalue weighted by Gasteiger charge is 2.11. The van der Waals surface area contributed by atoms with E-state index in [0.29, 0.717) is 15.7 Å². The van der Waals surface area contributed by atoms with Crippen molar-refractivity contribution in [3.63, 3.8) is 0 Å². The lowest BCUT2D eigenvalue weighted by Gasteiger charge is -2.09. The number of rotatable bonds is 3. The molecular weight excluding hydrogens is 324 g/mol. The van der Waals surface area contributed by atoms with Gasteiger partial charge in [0.2, 0.25) is 0 Å². The molecule has 0 heterocycles. The summed E-state index contributed by atoms with van der Waals surface area (Å²) >= 11 is 4.96. The van der Waals surface area contributed by atoms with Gasteiger partial charge in [0, 0.05) is 16.3 Å². The van der Waals surface area contributed by atoms with E-state index in [1.54, 1.807) is 30.0 Å². The third-order valence-electron chi connectivity index (χ3n) is 2.60. The molecule has 2 rings (SSSR count). The van der Waals surface area contributed by atoms with Crippen LogP contribution >= 0.6 is 27.7 Å². The summed E-state index contributed by atoms with van der Waals surface area (Å²) in [6, 6.07) is 12.9. The van der Waals surface area contributed by atoms with Crippen molar-refractivity contribution in [2.45, 2.75) is 4.90 Å². The van der Waals surface area contributed by atoms with Gasteiger partial charge in [-0.15, -0.1) is 11.8 Å². The predicted molar refractivity (Wildman–Crippen MR) is 84.7 cm³/mol. The van der Waals surface area contributed by atoms with Gasteiger partial charge < -0.3 is 11.1 Å². The van der Waals surface area contributed by atoms with Gasteiger partial charge >= 0.3 is 0 Å². The zero-order valence-corrected chi connectivity index (χ0v) is 12.7.